The summed E-state index contributed by atoms with van der Waals surface area (Å²) >= 11 is 0. The van der Waals surface area contributed by atoms with Gasteiger partial charge in [-0.3, -0.25) is 13.7 Å². The molecule has 0 fully saturated rings. The summed E-state index contributed by atoms with van der Waals surface area (Å²) < 4.78 is 14.5. The van der Waals surface area contributed by atoms with Gasteiger partial charge in [-0.05, 0) is 168 Å². The first kappa shape index (κ1) is 82.1. The predicted molar refractivity (Wildman–Crippen MR) is 625 cm³/mol. The molecule has 0 bridgehead atoms. The van der Waals surface area contributed by atoms with Gasteiger partial charge in [0.05, 0.1) is 116 Å². The van der Waals surface area contributed by atoms with E-state index in [2.05, 4.69) is 488 Å². The van der Waals surface area contributed by atoms with Crippen LogP contribution in [0.25, 0.3) is 319 Å². The monoisotopic (exact) mass is 1900 g/mol. The van der Waals surface area contributed by atoms with Crippen LogP contribution < -0.4 is 0 Å². The molecule has 0 atom stereocenters. The van der Waals surface area contributed by atoms with Crippen molar-refractivity contribution in [3.05, 3.63) is 485 Å². The van der Waals surface area contributed by atoms with E-state index in [1.807, 2.05) is 24.3 Å². The molecule has 0 N–H and O–H groups in total. The van der Waals surface area contributed by atoms with Crippen molar-refractivity contribution in [2.24, 2.45) is 0 Å². The van der Waals surface area contributed by atoms with Crippen LogP contribution in [0.1, 0.15) is 0 Å². The van der Waals surface area contributed by atoms with E-state index in [9.17, 15) is 0 Å². The van der Waals surface area contributed by atoms with Crippen LogP contribution in [0.5, 0.6) is 0 Å². The van der Waals surface area contributed by atoms with Crippen LogP contribution in [0, 0.1) is 0 Å². The fourth-order valence-corrected chi connectivity index (χ4v) is 25.6. The third-order valence-electron chi connectivity index (χ3n) is 31.9. The van der Waals surface area contributed by atoms with E-state index >= 15 is 0 Å². The van der Waals surface area contributed by atoms with Gasteiger partial charge >= 0.3 is 0 Å². The molecule has 0 aliphatic rings. The summed E-state index contributed by atoms with van der Waals surface area (Å²) in [6.07, 6.45) is 0. The molecular weight excluding hydrogens is 1830 g/mol. The van der Waals surface area contributed by atoms with Crippen LogP contribution in [0.3, 0.4) is 0 Å². The van der Waals surface area contributed by atoms with Crippen LogP contribution in [0.4, 0.5) is 0 Å². The second kappa shape index (κ2) is 31.6. The topological polar surface area (TPSA) is 105 Å². The normalized spacial score (nSPS) is 12.3. The number of fused-ring (bicyclic) bond motifs is 25. The number of nitrogens with zero attached hydrogens (tertiary/aromatic N) is 12. The highest BCUT2D eigenvalue weighted by molar-refractivity contribution is 6.37. The van der Waals surface area contributed by atoms with Gasteiger partial charge in [0.15, 0.2) is 17.5 Å². The molecule has 12 aromatic heterocycles. The minimum absolute atomic E-state index is 0.824. The molecule has 12 heterocycles. The molecule has 0 unspecified atom stereocenters. The number of rotatable bonds is 8. The minimum Gasteiger partial charge on any atom is -0.308 e. The van der Waals surface area contributed by atoms with Crippen LogP contribution in [0.15, 0.2) is 485 Å². The number of benzene rings is 23. The van der Waals surface area contributed by atoms with Crippen molar-refractivity contribution in [2.45, 2.75) is 0 Å². The molecule has 12 nitrogen and oxygen atoms in total. The minimum atomic E-state index is 0.824. The predicted octanol–water partition coefficient (Wildman–Crippen LogP) is 35.4. The summed E-state index contributed by atoms with van der Waals surface area (Å²) in [6, 6.07) is 174. The molecular formula is C138H80N12. The van der Waals surface area contributed by atoms with Crippen LogP contribution in [0.2, 0.25) is 0 Å². The maximum absolute atomic E-state index is 5.66. The first-order valence-corrected chi connectivity index (χ1v) is 51.2. The fraction of sp³-hybridized carbons (Fsp3) is 0. The number of hydrogen-bond acceptors (Lipinski definition) is 6. The van der Waals surface area contributed by atoms with Crippen molar-refractivity contribution in [1.82, 2.24) is 56.8 Å². The van der Waals surface area contributed by atoms with Crippen molar-refractivity contribution in [2.75, 3.05) is 0 Å². The Morgan fingerprint density at radius 1 is 0.133 bits per heavy atom. The van der Waals surface area contributed by atoms with E-state index in [4.69, 9.17) is 29.9 Å². The first-order valence-electron chi connectivity index (χ1n) is 51.2. The number of aromatic nitrogens is 12. The van der Waals surface area contributed by atoms with Crippen molar-refractivity contribution in [1.29, 1.82) is 0 Å². The largest absolute Gasteiger partial charge is 0.308 e. The van der Waals surface area contributed by atoms with Crippen molar-refractivity contribution >= 4 is 245 Å². The van der Waals surface area contributed by atoms with Gasteiger partial charge in [-0.1, -0.05) is 382 Å². The van der Waals surface area contributed by atoms with Gasteiger partial charge < -0.3 is 13.2 Å². The van der Waals surface area contributed by atoms with Crippen molar-refractivity contribution < 1.29 is 0 Å². The third kappa shape index (κ3) is 11.7. The Morgan fingerprint density at radius 2 is 0.407 bits per heavy atom. The van der Waals surface area contributed by atoms with E-state index < -0.39 is 0 Å². The summed E-state index contributed by atoms with van der Waals surface area (Å²) in [6.45, 7) is 0. The highest BCUT2D eigenvalue weighted by Gasteiger charge is 2.32. The lowest BCUT2D eigenvalue weighted by molar-refractivity contribution is 1.08. The molecule has 0 saturated carbocycles. The zero-order valence-corrected chi connectivity index (χ0v) is 80.6. The second-order valence-electron chi connectivity index (χ2n) is 39.7. The zero-order chi connectivity index (χ0) is 97.8. The van der Waals surface area contributed by atoms with Gasteiger partial charge in [0, 0.05) is 103 Å². The summed E-state index contributed by atoms with van der Waals surface area (Å²) in [7, 11) is 0. The summed E-state index contributed by atoms with van der Waals surface area (Å²) in [4.78, 5) is 32.7. The number of hydrogen-bond donors (Lipinski definition) is 0. The summed E-state index contributed by atoms with van der Waals surface area (Å²) in [5, 5.41) is 29.4. The lowest BCUT2D eigenvalue weighted by Crippen LogP contribution is -2.04. The van der Waals surface area contributed by atoms with Crippen LogP contribution in [-0.4, -0.2) is 56.8 Å². The lowest BCUT2D eigenvalue weighted by atomic mass is 9.97. The van der Waals surface area contributed by atoms with E-state index in [0.29, 0.717) is 0 Å². The highest BCUT2D eigenvalue weighted by atomic mass is 15.1. The quantitative estimate of drug-likeness (QED) is 0.140. The zero-order valence-electron chi connectivity index (χ0n) is 80.6. The summed E-state index contributed by atoms with van der Waals surface area (Å²) in [5.74, 6) is 2.48. The van der Waals surface area contributed by atoms with E-state index in [-0.39, 0.29) is 0 Å². The molecule has 0 radical (unpaired) electrons. The molecule has 0 spiro atoms. The third-order valence-corrected chi connectivity index (χ3v) is 31.9. The molecule has 12 heteroatoms. The molecule has 35 rings (SSSR count). The molecule has 0 aliphatic heterocycles. The molecule has 35 aromatic rings. The molecule has 692 valence electrons. The van der Waals surface area contributed by atoms with Crippen LogP contribution in [-0.2, 0) is 0 Å². The average molecular weight is 1910 g/mol. The number of para-hydroxylation sites is 10. The van der Waals surface area contributed by atoms with E-state index in [0.717, 1.165) is 134 Å². The van der Waals surface area contributed by atoms with Gasteiger partial charge in [0.2, 0.25) is 0 Å². The van der Waals surface area contributed by atoms with Gasteiger partial charge in [-0.2, -0.15) is 0 Å². The van der Waals surface area contributed by atoms with Gasteiger partial charge in [0.25, 0.3) is 0 Å². The fourth-order valence-electron chi connectivity index (χ4n) is 25.6. The molecule has 0 amide bonds. The lowest BCUT2D eigenvalue weighted by Gasteiger charge is -2.16. The second-order valence-corrected chi connectivity index (χ2v) is 39.7. The van der Waals surface area contributed by atoms with Gasteiger partial charge in [-0.15, -0.1) is 0 Å². The average Bonchev–Trinajstić information content (AvgIpc) is 1.53. The van der Waals surface area contributed by atoms with Crippen LogP contribution >= 0.6 is 0 Å². The Hall–Kier alpha value is -20.3. The maximum atomic E-state index is 5.66. The Kier molecular flexibility index (Phi) is 17.3. The molecule has 23 aromatic carbocycles. The Balaban J connectivity index is 0.0000000975. The first-order chi connectivity index (χ1) is 74.5. The molecule has 0 aliphatic carbocycles. The standard InChI is InChI=1S/C48H28N4.C46H26N4.C44H26N4/c1-2-13-32-29(11-1)12-9-16-33(32)30-23-25-31(26-24-30)46-48(50-39-19-6-5-18-38(39)49-46)52-42-22-10-17-36-34-14-3-7-20-40(34)51-41-21-8-4-15-35(41)37-27-28-43(52)45(44(36)42)47(37)51;1-3-14-29-27(11-1)13-9-19-34(29)44-46(48-43-30-15-4-2-12-28(30)23-25-36(43)47-44)50-39-22-10-18-33-31-16-5-7-20-37(31)49-38-21-8-6-17-32(38)35-24-26-40(50)42(41(33)39)45(35)49;1-2-11-27(12-3-1)28-21-23-29(24-22-28)42-44(46-35-17-7-6-16-34(35)45-42)48-38-20-10-15-32-30-13-4-8-18-36(30)47-37-19-9-5-14-31(37)33-25-26-39(48)41(40(32)38)43(33)47/h1-28H;1-26H;1-26H. The maximum Gasteiger partial charge on any atom is 0.165 e. The Morgan fingerprint density at radius 3 is 0.820 bits per heavy atom. The molecule has 150 heavy (non-hydrogen) atoms. The smallest absolute Gasteiger partial charge is 0.165 e. The van der Waals surface area contributed by atoms with E-state index in [1.165, 1.54) is 185 Å². The summed E-state index contributed by atoms with van der Waals surface area (Å²) in [5.41, 5.74) is 33.4. The van der Waals surface area contributed by atoms with Crippen molar-refractivity contribution in [3.63, 3.8) is 0 Å². The Labute approximate surface area is 854 Å². The SMILES string of the molecule is c1ccc(-c2ccc(-c3nc4ccccc4nc3-n3c4cccc5c6ccccc6n6c7ccccc7c7ccc3c(c54)c76)cc2)cc1.c1ccc2c(-c3ccc(-c4nc5ccccc5nc4-n4c5cccc6c7ccccc7n7c8ccccc8c8ccc4c(c65)c87)cc3)cccc2c1.c1ccc2c(-c3nc4ccc5ccccc5c4nc3-n3c4cccc5c6ccccc6n6c7ccccc7c7ccc3c(c54)c76)cccc2c1. The Bertz CT molecular complexity index is 11900. The van der Waals surface area contributed by atoms with Gasteiger partial charge in [0.1, 0.15) is 17.1 Å². The molecule has 0 saturated heterocycles. The van der Waals surface area contributed by atoms with Crippen molar-refractivity contribution in [3.8, 4) is 73.5 Å². The van der Waals surface area contributed by atoms with Gasteiger partial charge in [-0.25, -0.2) is 29.9 Å². The highest BCUT2D eigenvalue weighted by Crippen LogP contribution is 2.53. The van der Waals surface area contributed by atoms with E-state index in [1.54, 1.807) is 0 Å².